The normalized spacial score (nSPS) is 22.6. The summed E-state index contributed by atoms with van der Waals surface area (Å²) in [6.07, 6.45) is 0.847. The number of hydrogen-bond acceptors (Lipinski definition) is 3. The molecular weight excluding hydrogens is 256 g/mol. The number of carbonyl (C=O) groups excluding carboxylic acids is 1. The molecule has 1 aromatic rings. The summed E-state index contributed by atoms with van der Waals surface area (Å²) in [4.78, 5) is 13.8. The number of benzene rings is 1. The van der Waals surface area contributed by atoms with E-state index in [-0.39, 0.29) is 11.4 Å². The number of amides is 1. The number of rotatable bonds is 2. The van der Waals surface area contributed by atoms with Crippen LogP contribution in [0.3, 0.4) is 0 Å². The van der Waals surface area contributed by atoms with Gasteiger partial charge in [0.2, 0.25) is 5.91 Å². The third-order valence-corrected chi connectivity index (χ3v) is 3.04. The number of alkyl halides is 1. The summed E-state index contributed by atoms with van der Waals surface area (Å²) < 4.78 is 5.49. The highest BCUT2D eigenvalue weighted by atomic mass is 35.5. The second-order valence-electron chi connectivity index (χ2n) is 3.95. The topological polar surface area (TPSA) is 87.1 Å². The van der Waals surface area contributed by atoms with Gasteiger partial charge < -0.3 is 20.8 Å². The van der Waals surface area contributed by atoms with Gasteiger partial charge in [0.25, 0.3) is 0 Å². The van der Waals surface area contributed by atoms with Gasteiger partial charge in [0.1, 0.15) is 11.8 Å². The van der Waals surface area contributed by atoms with E-state index in [1.54, 1.807) is 11.0 Å². The Hall–Kier alpha value is -1.30. The summed E-state index contributed by atoms with van der Waals surface area (Å²) in [6, 6.07) is 6.49. The Balaban J connectivity index is 0.00000162. The predicted octanol–water partition coefficient (Wildman–Crippen LogP) is 0.889. The van der Waals surface area contributed by atoms with Crippen LogP contribution in [0.15, 0.2) is 24.3 Å². The lowest BCUT2D eigenvalue weighted by Crippen LogP contribution is -2.48. The highest BCUT2D eigenvalue weighted by molar-refractivity contribution is 6.23. The van der Waals surface area contributed by atoms with Crippen LogP contribution >= 0.6 is 11.6 Å². The fraction of sp³-hybridized carbons (Fsp3) is 0.417. The molecule has 0 bridgehead atoms. The van der Waals surface area contributed by atoms with E-state index in [1.807, 2.05) is 25.1 Å². The first-order valence-corrected chi connectivity index (χ1v) is 6.05. The van der Waals surface area contributed by atoms with Gasteiger partial charge in [0.05, 0.1) is 5.69 Å². The number of nitrogens with zero attached hydrogens (tertiary/aromatic N) is 1. The molecule has 1 aromatic carbocycles. The molecule has 0 aromatic heterocycles. The summed E-state index contributed by atoms with van der Waals surface area (Å²) >= 11 is 5.96. The standard InChI is InChI=1S/C12H15ClN2O2.H2O/c1-2-7-15-8-5-3-4-6-9(8)17-11(13)10(14)12(15)16;/h3-6,10-11H,2,7,14H2,1H3;1H2/t10-,11?;/m0./s1. The Bertz CT molecular complexity index is 428. The van der Waals surface area contributed by atoms with Crippen LogP contribution in [0.5, 0.6) is 5.75 Å². The predicted molar refractivity (Wildman–Crippen MR) is 70.9 cm³/mol. The summed E-state index contributed by atoms with van der Waals surface area (Å²) in [5.74, 6) is 0.402. The van der Waals surface area contributed by atoms with Gasteiger partial charge in [-0.1, -0.05) is 30.7 Å². The van der Waals surface area contributed by atoms with Crippen LogP contribution in [0.1, 0.15) is 13.3 Å². The van der Waals surface area contributed by atoms with Crippen molar-refractivity contribution in [1.82, 2.24) is 0 Å². The van der Waals surface area contributed by atoms with Crippen LogP contribution in [0, 0.1) is 0 Å². The minimum absolute atomic E-state index is 0. The first kappa shape index (κ1) is 14.8. The lowest BCUT2D eigenvalue weighted by molar-refractivity contribution is -0.120. The van der Waals surface area contributed by atoms with Gasteiger partial charge in [0, 0.05) is 6.54 Å². The first-order chi connectivity index (χ1) is 8.15. The fourth-order valence-electron chi connectivity index (χ4n) is 1.84. The highest BCUT2D eigenvalue weighted by Gasteiger charge is 2.34. The van der Waals surface area contributed by atoms with Crippen molar-refractivity contribution in [3.8, 4) is 5.75 Å². The number of halogens is 1. The number of hydrogen-bond donors (Lipinski definition) is 1. The van der Waals surface area contributed by atoms with Crippen molar-refractivity contribution in [2.75, 3.05) is 11.4 Å². The number of nitrogens with two attached hydrogens (primary N) is 1. The molecule has 0 saturated heterocycles. The molecule has 1 aliphatic rings. The zero-order chi connectivity index (χ0) is 12.4. The van der Waals surface area contributed by atoms with E-state index in [0.717, 1.165) is 12.1 Å². The lowest BCUT2D eigenvalue weighted by atomic mass is 10.2. The van der Waals surface area contributed by atoms with Crippen LogP contribution < -0.4 is 15.4 Å². The molecule has 0 fully saturated rings. The molecule has 18 heavy (non-hydrogen) atoms. The molecule has 1 amide bonds. The van der Waals surface area contributed by atoms with E-state index >= 15 is 0 Å². The van der Waals surface area contributed by atoms with Gasteiger partial charge in [-0.25, -0.2) is 0 Å². The molecule has 0 aliphatic carbocycles. The van der Waals surface area contributed by atoms with Gasteiger partial charge in [-0.3, -0.25) is 4.79 Å². The van der Waals surface area contributed by atoms with Crippen molar-refractivity contribution >= 4 is 23.2 Å². The second kappa shape index (κ2) is 6.04. The minimum Gasteiger partial charge on any atom is -0.470 e. The Kier molecular flexibility index (Phi) is 4.95. The second-order valence-corrected chi connectivity index (χ2v) is 4.38. The van der Waals surface area contributed by atoms with Gasteiger partial charge in [-0.15, -0.1) is 0 Å². The molecule has 2 atom stereocenters. The van der Waals surface area contributed by atoms with Crippen molar-refractivity contribution in [3.05, 3.63) is 24.3 Å². The Labute approximate surface area is 111 Å². The van der Waals surface area contributed by atoms with Gasteiger partial charge >= 0.3 is 0 Å². The van der Waals surface area contributed by atoms with Crippen molar-refractivity contribution in [2.45, 2.75) is 24.9 Å². The SMILES string of the molecule is CCCN1C(=O)[C@@H](N)C(Cl)Oc2ccccc21.O. The summed E-state index contributed by atoms with van der Waals surface area (Å²) in [5.41, 5.74) is 5.68. The maximum absolute atomic E-state index is 12.1. The van der Waals surface area contributed by atoms with E-state index in [1.165, 1.54) is 0 Å². The maximum atomic E-state index is 12.1. The molecule has 100 valence electrons. The van der Waals surface area contributed by atoms with E-state index in [2.05, 4.69) is 0 Å². The average molecular weight is 273 g/mol. The number of ether oxygens (including phenoxy) is 1. The molecule has 5 nitrogen and oxygen atoms in total. The molecule has 0 radical (unpaired) electrons. The van der Waals surface area contributed by atoms with Crippen molar-refractivity contribution in [3.63, 3.8) is 0 Å². The third-order valence-electron chi connectivity index (χ3n) is 2.68. The molecule has 1 aliphatic heterocycles. The zero-order valence-corrected chi connectivity index (χ0v) is 10.9. The summed E-state index contributed by atoms with van der Waals surface area (Å²) in [6.45, 7) is 2.61. The molecule has 1 heterocycles. The number of fused-ring (bicyclic) bond motifs is 1. The van der Waals surface area contributed by atoms with Crippen LogP contribution in [-0.4, -0.2) is 29.5 Å². The highest BCUT2D eigenvalue weighted by Crippen LogP contribution is 2.33. The number of para-hydroxylation sites is 2. The van der Waals surface area contributed by atoms with Crippen LogP contribution in [0.2, 0.25) is 0 Å². The molecule has 2 rings (SSSR count). The van der Waals surface area contributed by atoms with Crippen LogP contribution in [0.4, 0.5) is 5.69 Å². The number of carbonyl (C=O) groups is 1. The van der Waals surface area contributed by atoms with E-state index in [9.17, 15) is 4.79 Å². The fourth-order valence-corrected chi connectivity index (χ4v) is 2.04. The molecule has 4 N–H and O–H groups in total. The maximum Gasteiger partial charge on any atom is 0.249 e. The Morgan fingerprint density at radius 1 is 1.44 bits per heavy atom. The average Bonchev–Trinajstić information content (AvgIpc) is 2.42. The molecule has 0 saturated carbocycles. The van der Waals surface area contributed by atoms with Crippen LogP contribution in [0.25, 0.3) is 0 Å². The van der Waals surface area contributed by atoms with Crippen LogP contribution in [-0.2, 0) is 4.79 Å². The number of anilines is 1. The van der Waals surface area contributed by atoms with Crippen molar-refractivity contribution in [2.24, 2.45) is 5.73 Å². The molecular formula is C12H17ClN2O3. The first-order valence-electron chi connectivity index (χ1n) is 5.62. The summed E-state index contributed by atoms with van der Waals surface area (Å²) in [7, 11) is 0. The molecule has 6 heteroatoms. The van der Waals surface area contributed by atoms with Gasteiger partial charge in [-0.2, -0.15) is 0 Å². The van der Waals surface area contributed by atoms with Gasteiger partial charge in [0.15, 0.2) is 5.56 Å². The Morgan fingerprint density at radius 3 is 2.78 bits per heavy atom. The smallest absolute Gasteiger partial charge is 0.249 e. The monoisotopic (exact) mass is 272 g/mol. The minimum atomic E-state index is -0.837. The van der Waals surface area contributed by atoms with Crippen molar-refractivity contribution < 1.29 is 15.0 Å². The van der Waals surface area contributed by atoms with E-state index in [4.69, 9.17) is 22.1 Å². The zero-order valence-electron chi connectivity index (χ0n) is 10.1. The quantitative estimate of drug-likeness (QED) is 0.811. The Morgan fingerprint density at radius 2 is 2.11 bits per heavy atom. The lowest BCUT2D eigenvalue weighted by Gasteiger charge is -2.22. The van der Waals surface area contributed by atoms with E-state index in [0.29, 0.717) is 12.3 Å². The van der Waals surface area contributed by atoms with E-state index < -0.39 is 11.6 Å². The van der Waals surface area contributed by atoms with Gasteiger partial charge in [-0.05, 0) is 18.6 Å². The summed E-state index contributed by atoms with van der Waals surface area (Å²) in [5, 5.41) is 0. The van der Waals surface area contributed by atoms with Crippen molar-refractivity contribution in [1.29, 1.82) is 0 Å². The molecule has 1 unspecified atom stereocenters. The molecule has 0 spiro atoms. The third kappa shape index (κ3) is 2.58. The largest absolute Gasteiger partial charge is 0.470 e.